The lowest BCUT2D eigenvalue weighted by atomic mass is 9.92. The zero-order valence-electron chi connectivity index (χ0n) is 36.0. The summed E-state index contributed by atoms with van der Waals surface area (Å²) in [5.74, 6) is -4.26. The van der Waals surface area contributed by atoms with Crippen LogP contribution in [0.2, 0.25) is 0 Å². The van der Waals surface area contributed by atoms with Crippen molar-refractivity contribution in [3.8, 4) is 0 Å². The van der Waals surface area contributed by atoms with E-state index >= 15 is 0 Å². The van der Waals surface area contributed by atoms with Crippen molar-refractivity contribution >= 4 is 47.1 Å². The number of rotatable bonds is 20. The lowest BCUT2D eigenvalue weighted by Crippen LogP contribution is -2.59. The molecule has 14 nitrogen and oxygen atoms in total. The predicted molar refractivity (Wildman–Crippen MR) is 219 cm³/mol. The van der Waals surface area contributed by atoms with E-state index in [0.29, 0.717) is 17.8 Å². The van der Waals surface area contributed by atoms with Gasteiger partial charge in [0, 0.05) is 44.9 Å². The van der Waals surface area contributed by atoms with Gasteiger partial charge in [0.1, 0.15) is 28.4 Å². The lowest BCUT2D eigenvalue weighted by molar-refractivity contribution is -0.149. The molecule has 318 valence electrons. The number of ether oxygens (including phenoxy) is 2. The topological polar surface area (TPSA) is 185 Å². The van der Waals surface area contributed by atoms with Crippen molar-refractivity contribution in [3.63, 3.8) is 0 Å². The Balaban J connectivity index is 2.37. The van der Waals surface area contributed by atoms with Crippen LogP contribution in [-0.2, 0) is 35.1 Å². The average Bonchev–Trinajstić information content (AvgIpc) is 3.61. The molecule has 3 N–H and O–H groups in total. The normalized spacial score (nSPS) is 15.4. The number of carbonyl (C=O) groups excluding carboxylic acids is 5. The van der Waals surface area contributed by atoms with Gasteiger partial charge in [-0.15, -0.1) is 11.3 Å². The summed E-state index contributed by atoms with van der Waals surface area (Å²) in [6.07, 6.45) is -0.211. The van der Waals surface area contributed by atoms with E-state index in [1.165, 1.54) is 18.9 Å². The third-order valence-corrected chi connectivity index (χ3v) is 10.8. The maximum atomic E-state index is 14.4. The van der Waals surface area contributed by atoms with E-state index in [-0.39, 0.29) is 42.2 Å². The molecule has 7 atom stereocenters. The molecule has 2 rings (SSSR count). The molecule has 0 spiro atoms. The minimum Gasteiger partial charge on any atom is -0.481 e. The van der Waals surface area contributed by atoms with E-state index in [2.05, 4.69) is 15.6 Å². The van der Waals surface area contributed by atoms with Crippen molar-refractivity contribution in [2.24, 2.45) is 23.7 Å². The Bertz CT molecular complexity index is 1660. The summed E-state index contributed by atoms with van der Waals surface area (Å²) in [6.45, 7) is 19.4. The number of carbonyl (C=O) groups is 6. The van der Waals surface area contributed by atoms with Gasteiger partial charge in [-0.05, 0) is 56.9 Å². The first kappa shape index (κ1) is 48.6. The Hall–Kier alpha value is -4.53. The number of carboxylic acid groups (broad SMARTS) is 1. The second kappa shape index (κ2) is 21.8. The van der Waals surface area contributed by atoms with Crippen LogP contribution in [0, 0.1) is 23.7 Å². The van der Waals surface area contributed by atoms with Gasteiger partial charge in [-0.2, -0.15) is 0 Å². The van der Waals surface area contributed by atoms with Crippen molar-refractivity contribution < 1.29 is 43.3 Å². The largest absolute Gasteiger partial charge is 0.481 e. The smallest absolute Gasteiger partial charge is 0.410 e. The van der Waals surface area contributed by atoms with Gasteiger partial charge in [0.25, 0.3) is 5.91 Å². The molecule has 1 heterocycles. The monoisotopic (exact) mass is 815 g/mol. The van der Waals surface area contributed by atoms with Crippen molar-refractivity contribution in [2.75, 3.05) is 14.1 Å². The molecule has 0 aliphatic rings. The van der Waals surface area contributed by atoms with Crippen molar-refractivity contribution in [1.29, 1.82) is 0 Å². The van der Waals surface area contributed by atoms with Crippen molar-refractivity contribution in [3.05, 3.63) is 52.0 Å². The molecule has 0 aliphatic carbocycles. The van der Waals surface area contributed by atoms with Gasteiger partial charge in [-0.3, -0.25) is 28.9 Å². The first-order valence-corrected chi connectivity index (χ1v) is 20.6. The third kappa shape index (κ3) is 15.1. The summed E-state index contributed by atoms with van der Waals surface area (Å²) in [6, 6.07) is 6.63. The Morgan fingerprint density at radius 3 is 2.02 bits per heavy atom. The lowest BCUT2D eigenvalue weighted by Gasteiger charge is -2.38. The van der Waals surface area contributed by atoms with Gasteiger partial charge in [-0.25, -0.2) is 9.78 Å². The Kier molecular flexibility index (Phi) is 18.6. The van der Waals surface area contributed by atoms with Crippen LogP contribution in [0.5, 0.6) is 0 Å². The van der Waals surface area contributed by atoms with E-state index in [0.717, 1.165) is 16.9 Å². The number of aliphatic carboxylic acids is 1. The number of aromatic nitrogens is 1. The van der Waals surface area contributed by atoms with Crippen molar-refractivity contribution in [2.45, 2.75) is 138 Å². The zero-order chi connectivity index (χ0) is 43.4. The highest BCUT2D eigenvalue weighted by atomic mass is 32.1. The van der Waals surface area contributed by atoms with Crippen LogP contribution in [0.1, 0.15) is 123 Å². The number of nitrogens with zero attached hydrogens (tertiary/aromatic N) is 3. The van der Waals surface area contributed by atoms with E-state index in [4.69, 9.17) is 9.47 Å². The van der Waals surface area contributed by atoms with Crippen LogP contribution < -0.4 is 10.6 Å². The number of esters is 1. The zero-order valence-corrected chi connectivity index (χ0v) is 36.8. The number of nitrogens with one attached hydrogen (secondary N) is 2. The first-order valence-electron chi connectivity index (χ1n) is 19.7. The summed E-state index contributed by atoms with van der Waals surface area (Å²) in [4.78, 5) is 86.3. The Labute approximate surface area is 342 Å². The Morgan fingerprint density at radius 1 is 0.895 bits per heavy atom. The summed E-state index contributed by atoms with van der Waals surface area (Å²) in [5, 5.41) is 17.4. The molecule has 4 amide bonds. The fourth-order valence-electron chi connectivity index (χ4n) is 6.59. The molecular formula is C42H65N5O9S. The van der Waals surface area contributed by atoms with Crippen LogP contribution in [0.25, 0.3) is 0 Å². The van der Waals surface area contributed by atoms with E-state index in [1.54, 1.807) is 45.0 Å². The molecule has 0 aliphatic heterocycles. The van der Waals surface area contributed by atoms with Crippen LogP contribution in [0.3, 0.4) is 0 Å². The van der Waals surface area contributed by atoms with Crippen LogP contribution >= 0.6 is 11.3 Å². The fourth-order valence-corrected chi connectivity index (χ4v) is 7.43. The maximum absolute atomic E-state index is 14.4. The van der Waals surface area contributed by atoms with Gasteiger partial charge < -0.3 is 30.1 Å². The number of carboxylic acids is 1. The molecule has 0 saturated heterocycles. The average molecular weight is 816 g/mol. The SMILES string of the molecule is CCC(C)C(NC(=O)C(C(C)C)N(C)C(=O)OC(C)(C)C)C(=O)N(C)C(CC(OC(C)=O)c1nc(C(=O)NC(Cc2ccccc2)CC(C)C(=O)O)cs1)C(C)C. The number of hydrogen-bond acceptors (Lipinski definition) is 10. The minimum absolute atomic E-state index is 0.0920. The number of thiazole rings is 1. The van der Waals surface area contributed by atoms with Gasteiger partial charge in [0.2, 0.25) is 11.8 Å². The molecule has 57 heavy (non-hydrogen) atoms. The predicted octanol–water partition coefficient (Wildman–Crippen LogP) is 6.49. The summed E-state index contributed by atoms with van der Waals surface area (Å²) in [5.41, 5.74) is 0.266. The first-order chi connectivity index (χ1) is 26.5. The van der Waals surface area contributed by atoms with Gasteiger partial charge in [-0.1, -0.05) is 85.2 Å². The number of likely N-dealkylation sites (N-methyl/N-ethyl adjacent to an activating group) is 2. The summed E-state index contributed by atoms with van der Waals surface area (Å²) >= 11 is 1.14. The summed E-state index contributed by atoms with van der Waals surface area (Å²) in [7, 11) is 3.16. The maximum Gasteiger partial charge on any atom is 0.410 e. The van der Waals surface area contributed by atoms with Crippen molar-refractivity contribution in [1.82, 2.24) is 25.4 Å². The van der Waals surface area contributed by atoms with Gasteiger partial charge in [0.15, 0.2) is 6.10 Å². The molecule has 0 radical (unpaired) electrons. The molecule has 1 aromatic heterocycles. The number of hydrogen-bond donors (Lipinski definition) is 3. The van der Waals surface area contributed by atoms with E-state index in [9.17, 15) is 33.9 Å². The molecule has 7 unspecified atom stereocenters. The van der Waals surface area contributed by atoms with E-state index in [1.807, 2.05) is 71.9 Å². The fraction of sp³-hybridized carbons (Fsp3) is 0.643. The highest BCUT2D eigenvalue weighted by molar-refractivity contribution is 7.09. The van der Waals surface area contributed by atoms with Crippen LogP contribution in [0.4, 0.5) is 4.79 Å². The van der Waals surface area contributed by atoms with Gasteiger partial charge in [0.05, 0.1) is 5.92 Å². The number of benzene rings is 1. The molecule has 0 fully saturated rings. The number of amides is 4. The highest BCUT2D eigenvalue weighted by Gasteiger charge is 2.39. The quantitative estimate of drug-likeness (QED) is 0.125. The Morgan fingerprint density at radius 2 is 1.51 bits per heavy atom. The molecule has 15 heteroatoms. The molecule has 2 aromatic rings. The van der Waals surface area contributed by atoms with Crippen LogP contribution in [0.15, 0.2) is 35.7 Å². The minimum atomic E-state index is -0.964. The standard InChI is InChI=1S/C42H65N5O9S/c1-14-26(6)34(45-37(50)35(25(4)5)47(13)41(54)56-42(9,10)11)39(51)46(12)32(24(2)3)22-33(55-28(8)48)38-44-31(23-57-38)36(49)43-30(20-27(7)40(52)53)21-29-18-16-15-17-19-29/h15-19,23-27,30,32-35H,14,20-22H2,1-13H3,(H,43,49)(H,45,50)(H,52,53). The van der Waals surface area contributed by atoms with Gasteiger partial charge >= 0.3 is 18.0 Å². The second-order valence-corrected chi connectivity index (χ2v) is 17.5. The second-order valence-electron chi connectivity index (χ2n) is 16.7. The molecule has 1 aromatic carbocycles. The van der Waals surface area contributed by atoms with E-state index < -0.39 is 71.6 Å². The highest BCUT2D eigenvalue weighted by Crippen LogP contribution is 2.31. The summed E-state index contributed by atoms with van der Waals surface area (Å²) < 4.78 is 11.3. The third-order valence-electron chi connectivity index (χ3n) is 9.90. The molecular weight excluding hydrogens is 751 g/mol. The molecule has 0 saturated carbocycles. The van der Waals surface area contributed by atoms with Crippen LogP contribution in [-0.4, -0.2) is 99.5 Å². The molecule has 0 bridgehead atoms.